The highest BCUT2D eigenvalue weighted by atomic mass is 79.9. The summed E-state index contributed by atoms with van der Waals surface area (Å²) in [6.07, 6.45) is 0.0659. The van der Waals surface area contributed by atoms with Gasteiger partial charge in [0.05, 0.1) is 9.89 Å². The number of aliphatic hydroxyl groups is 1. The Morgan fingerprint density at radius 2 is 2.37 bits per heavy atom. The summed E-state index contributed by atoms with van der Waals surface area (Å²) in [5.41, 5.74) is -0.252. The number of hydrogen-bond acceptors (Lipinski definition) is 5. The Hall–Kier alpha value is 0.01000. The van der Waals surface area contributed by atoms with Crippen LogP contribution in [0.4, 0.5) is 0 Å². The number of rotatable bonds is 4. The van der Waals surface area contributed by atoms with E-state index in [0.29, 0.717) is 13.0 Å². The van der Waals surface area contributed by atoms with Gasteiger partial charge in [0.1, 0.15) is 9.81 Å². The summed E-state index contributed by atoms with van der Waals surface area (Å²) in [6, 6.07) is 1.61. The highest BCUT2D eigenvalue weighted by Gasteiger charge is 2.40. The van der Waals surface area contributed by atoms with Crippen molar-refractivity contribution in [3.63, 3.8) is 0 Å². The van der Waals surface area contributed by atoms with Crippen molar-refractivity contribution in [2.75, 3.05) is 13.2 Å². The molecule has 108 valence electrons. The third kappa shape index (κ3) is 3.20. The molecule has 1 aromatic rings. The fourth-order valence-electron chi connectivity index (χ4n) is 1.86. The number of hydrogen-bond donors (Lipinski definition) is 2. The molecule has 2 N–H and O–H groups in total. The molecule has 0 aromatic carbocycles. The van der Waals surface area contributed by atoms with Crippen molar-refractivity contribution in [2.24, 2.45) is 0 Å². The molecule has 0 spiro atoms. The zero-order chi connectivity index (χ0) is 14.3. The highest BCUT2D eigenvalue weighted by Crippen LogP contribution is 2.31. The summed E-state index contributed by atoms with van der Waals surface area (Å²) in [5.74, 6) is 0. The lowest BCUT2D eigenvalue weighted by Gasteiger charge is -2.25. The fourth-order valence-corrected chi connectivity index (χ4v) is 5.23. The molecule has 2 atom stereocenters. The van der Waals surface area contributed by atoms with Gasteiger partial charge < -0.3 is 9.84 Å². The van der Waals surface area contributed by atoms with Crippen molar-refractivity contribution < 1.29 is 18.3 Å². The minimum absolute atomic E-state index is 0.0366. The Bertz CT molecular complexity index is 552. The van der Waals surface area contributed by atoms with Gasteiger partial charge >= 0.3 is 0 Å². The smallest absolute Gasteiger partial charge is 0.250 e. The Labute approximate surface area is 125 Å². The van der Waals surface area contributed by atoms with Crippen LogP contribution in [0.1, 0.15) is 18.9 Å². The molecule has 5 nitrogen and oxygen atoms in total. The molecular formula is C11H16BrNO4S2. The zero-order valence-corrected chi connectivity index (χ0v) is 13.9. The first-order valence-electron chi connectivity index (χ1n) is 5.84. The molecule has 1 aromatic heterocycles. The minimum atomic E-state index is -3.59. The fraction of sp³-hybridized carbons (Fsp3) is 0.636. The number of thiophene rings is 1. The van der Waals surface area contributed by atoms with Gasteiger partial charge in [0.2, 0.25) is 10.0 Å². The van der Waals surface area contributed by atoms with E-state index in [1.807, 2.05) is 6.92 Å². The molecule has 1 aliphatic heterocycles. The molecule has 0 radical (unpaired) electrons. The molecule has 0 amide bonds. The molecular weight excluding hydrogens is 354 g/mol. The van der Waals surface area contributed by atoms with Crippen molar-refractivity contribution in [1.29, 1.82) is 0 Å². The largest absolute Gasteiger partial charge is 0.386 e. The highest BCUT2D eigenvalue weighted by molar-refractivity contribution is 9.11. The summed E-state index contributed by atoms with van der Waals surface area (Å²) in [7, 11) is -3.59. The summed E-state index contributed by atoms with van der Waals surface area (Å²) in [5, 5.41) is 10.3. The second kappa shape index (κ2) is 5.42. The molecule has 0 aliphatic carbocycles. The number of sulfonamides is 1. The van der Waals surface area contributed by atoms with Crippen molar-refractivity contribution in [3.8, 4) is 0 Å². The second-order valence-corrected chi connectivity index (χ2v) is 9.08. The van der Waals surface area contributed by atoms with Crippen molar-refractivity contribution in [1.82, 2.24) is 4.72 Å². The predicted octanol–water partition coefficient (Wildman–Crippen LogP) is 1.64. The normalized spacial score (nSPS) is 27.9. The zero-order valence-electron chi connectivity index (χ0n) is 10.6. The Balaban J connectivity index is 2.10. The maximum atomic E-state index is 12.1. The molecule has 0 saturated carbocycles. The van der Waals surface area contributed by atoms with Crippen LogP contribution in [0.3, 0.4) is 0 Å². The number of aryl methyl sites for hydroxylation is 1. The quantitative estimate of drug-likeness (QED) is 0.845. The predicted molar refractivity (Wildman–Crippen MR) is 76.9 cm³/mol. The SMILES string of the molecule is Cc1cc(S(=O)(=O)NCC2(O)CCOC2C)sc1Br. The van der Waals surface area contributed by atoms with E-state index in [0.717, 1.165) is 20.7 Å². The molecule has 2 rings (SSSR count). The van der Waals surface area contributed by atoms with Gasteiger partial charge in [-0.1, -0.05) is 0 Å². The second-order valence-electron chi connectivity index (χ2n) is 4.71. The van der Waals surface area contributed by atoms with Gasteiger partial charge in [-0.15, -0.1) is 11.3 Å². The van der Waals surface area contributed by atoms with Gasteiger partial charge in [-0.05, 0) is 41.4 Å². The van der Waals surface area contributed by atoms with Gasteiger partial charge in [-0.2, -0.15) is 0 Å². The van der Waals surface area contributed by atoms with Gasteiger partial charge in [-0.25, -0.2) is 13.1 Å². The number of nitrogens with one attached hydrogen (secondary N) is 1. The average molecular weight is 370 g/mol. The molecule has 1 aliphatic rings. The van der Waals surface area contributed by atoms with Crippen LogP contribution in [0.25, 0.3) is 0 Å². The lowest BCUT2D eigenvalue weighted by molar-refractivity contribution is -0.0228. The molecule has 1 fully saturated rings. The maximum Gasteiger partial charge on any atom is 0.250 e. The third-order valence-electron chi connectivity index (χ3n) is 3.33. The monoisotopic (exact) mass is 369 g/mol. The first-order chi connectivity index (χ1) is 8.74. The Kier molecular flexibility index (Phi) is 4.39. The average Bonchev–Trinajstić information content (AvgIpc) is 2.83. The summed E-state index contributed by atoms with van der Waals surface area (Å²) >= 11 is 4.46. The first kappa shape index (κ1) is 15.4. The lowest BCUT2D eigenvalue weighted by Crippen LogP contribution is -2.47. The number of halogens is 1. The van der Waals surface area contributed by atoms with Crippen LogP contribution in [-0.4, -0.2) is 38.4 Å². The first-order valence-corrected chi connectivity index (χ1v) is 8.93. The summed E-state index contributed by atoms with van der Waals surface area (Å²) in [4.78, 5) is 0. The summed E-state index contributed by atoms with van der Waals surface area (Å²) < 4.78 is 33.0. The van der Waals surface area contributed by atoms with E-state index in [2.05, 4.69) is 20.7 Å². The lowest BCUT2D eigenvalue weighted by atomic mass is 9.97. The van der Waals surface area contributed by atoms with Crippen molar-refractivity contribution in [3.05, 3.63) is 15.4 Å². The molecule has 2 heterocycles. The van der Waals surface area contributed by atoms with Crippen molar-refractivity contribution >= 4 is 37.3 Å². The standard InChI is InChI=1S/C11H16BrNO4S2/c1-7-5-9(18-10(7)12)19(15,16)13-6-11(14)3-4-17-8(11)2/h5,8,13-14H,3-4,6H2,1-2H3. The molecule has 19 heavy (non-hydrogen) atoms. The Morgan fingerprint density at radius 1 is 1.68 bits per heavy atom. The van der Waals surface area contributed by atoms with Crippen LogP contribution < -0.4 is 4.72 Å². The van der Waals surface area contributed by atoms with Crippen LogP contribution in [0.2, 0.25) is 0 Å². The van der Waals surface area contributed by atoms with E-state index in [1.165, 1.54) is 0 Å². The van der Waals surface area contributed by atoms with Crippen LogP contribution in [0.5, 0.6) is 0 Å². The Morgan fingerprint density at radius 3 is 2.84 bits per heavy atom. The molecule has 8 heteroatoms. The minimum Gasteiger partial charge on any atom is -0.386 e. The van der Waals surface area contributed by atoms with E-state index in [1.54, 1.807) is 13.0 Å². The van der Waals surface area contributed by atoms with Gasteiger partial charge in [0, 0.05) is 19.6 Å². The molecule has 2 unspecified atom stereocenters. The van der Waals surface area contributed by atoms with Gasteiger partial charge in [-0.3, -0.25) is 0 Å². The van der Waals surface area contributed by atoms with Gasteiger partial charge in [0.15, 0.2) is 0 Å². The maximum absolute atomic E-state index is 12.1. The molecule has 0 bridgehead atoms. The molecule has 1 saturated heterocycles. The number of ether oxygens (including phenoxy) is 1. The van der Waals surface area contributed by atoms with E-state index in [9.17, 15) is 13.5 Å². The van der Waals surface area contributed by atoms with Crippen molar-refractivity contribution in [2.45, 2.75) is 36.2 Å². The van der Waals surface area contributed by atoms with E-state index in [4.69, 9.17) is 4.74 Å². The van der Waals surface area contributed by atoms with E-state index < -0.39 is 15.6 Å². The summed E-state index contributed by atoms with van der Waals surface area (Å²) in [6.45, 7) is 3.99. The van der Waals surface area contributed by atoms with Crippen LogP contribution in [0, 0.1) is 6.92 Å². The van der Waals surface area contributed by atoms with Gasteiger partial charge in [0.25, 0.3) is 0 Å². The van der Waals surface area contributed by atoms with Crippen LogP contribution >= 0.6 is 27.3 Å². The topological polar surface area (TPSA) is 75.6 Å². The van der Waals surface area contributed by atoms with E-state index in [-0.39, 0.29) is 16.9 Å². The van der Waals surface area contributed by atoms with Crippen LogP contribution in [0.15, 0.2) is 14.1 Å². The third-order valence-corrected chi connectivity index (χ3v) is 7.34. The van der Waals surface area contributed by atoms with Crippen LogP contribution in [-0.2, 0) is 14.8 Å². The van der Waals surface area contributed by atoms with E-state index >= 15 is 0 Å².